The fraction of sp³-hybridized carbons (Fsp3) is 0.0938. The second-order valence-corrected chi connectivity index (χ2v) is 10.7. The molecule has 1 aliphatic heterocycles. The molecule has 0 fully saturated rings. The monoisotopic (exact) mass is 659 g/mol. The third-order valence-electron chi connectivity index (χ3n) is 6.59. The number of fused-ring (bicyclic) bond motifs is 2. The van der Waals surface area contributed by atoms with Crippen LogP contribution in [0.3, 0.4) is 0 Å². The Kier molecular flexibility index (Phi) is 8.04. The highest BCUT2D eigenvalue weighted by atomic mass is 79.9. The molecule has 0 saturated carbocycles. The summed E-state index contributed by atoms with van der Waals surface area (Å²) in [5.74, 6) is 0.603. The first-order valence-electron chi connectivity index (χ1n) is 13.2. The molecule has 0 aliphatic carbocycles. The van der Waals surface area contributed by atoms with Crippen molar-refractivity contribution in [3.8, 4) is 34.1 Å². The normalized spacial score (nSPS) is 12.1. The maximum atomic E-state index is 13.3. The molecule has 0 atom stereocenters. The fourth-order valence-corrected chi connectivity index (χ4v) is 5.23. The van der Waals surface area contributed by atoms with Crippen LogP contribution in [0.5, 0.6) is 23.0 Å². The number of ether oxygens (including phenoxy) is 4. The number of rotatable bonds is 8. The number of amides is 1. The molecule has 5 aromatic rings. The van der Waals surface area contributed by atoms with Gasteiger partial charge in [-0.15, -0.1) is 0 Å². The van der Waals surface area contributed by atoms with Crippen LogP contribution in [0.15, 0.2) is 88.4 Å². The highest BCUT2D eigenvalue weighted by Gasteiger charge is 2.22. The summed E-state index contributed by atoms with van der Waals surface area (Å²) in [7, 11) is 0. The standard InChI is InChI=1S/C32H23BrClN3O6/c1-2-40-27-13-18(7-11-26(27)43-32(39)19-8-12-25-28(14-19)42-17-41-25)16-35-37-31(38)30-29(21-5-3-4-6-23(21)34)22-15-20(33)9-10-24(22)36-30/h3-16,36H,2,17H2,1H3,(H,37,38). The largest absolute Gasteiger partial charge is 0.490 e. The van der Waals surface area contributed by atoms with Gasteiger partial charge >= 0.3 is 5.97 Å². The molecule has 0 saturated heterocycles. The third kappa shape index (κ3) is 5.93. The molecule has 2 N–H and O–H groups in total. The predicted octanol–water partition coefficient (Wildman–Crippen LogP) is 7.36. The molecule has 216 valence electrons. The minimum absolute atomic E-state index is 0.105. The van der Waals surface area contributed by atoms with Gasteiger partial charge in [0.15, 0.2) is 23.0 Å². The van der Waals surface area contributed by atoms with Crippen molar-refractivity contribution in [2.75, 3.05) is 13.4 Å². The molecule has 0 radical (unpaired) electrons. The van der Waals surface area contributed by atoms with Crippen LogP contribution in [0.2, 0.25) is 5.02 Å². The lowest BCUT2D eigenvalue weighted by molar-refractivity contribution is 0.0727. The highest BCUT2D eigenvalue weighted by molar-refractivity contribution is 9.10. The number of hydrogen-bond acceptors (Lipinski definition) is 7. The number of halogens is 2. The van der Waals surface area contributed by atoms with Crippen molar-refractivity contribution < 1.29 is 28.5 Å². The number of carbonyl (C=O) groups is 2. The summed E-state index contributed by atoms with van der Waals surface area (Å²) in [5, 5.41) is 5.51. The fourth-order valence-electron chi connectivity index (χ4n) is 4.64. The van der Waals surface area contributed by atoms with Gasteiger partial charge < -0.3 is 23.9 Å². The first kappa shape index (κ1) is 28.3. The van der Waals surface area contributed by atoms with Crippen LogP contribution in [-0.4, -0.2) is 36.5 Å². The van der Waals surface area contributed by atoms with Crippen LogP contribution in [0.25, 0.3) is 22.0 Å². The zero-order valence-electron chi connectivity index (χ0n) is 22.6. The number of hydrogen-bond donors (Lipinski definition) is 2. The molecule has 1 aliphatic rings. The van der Waals surface area contributed by atoms with Gasteiger partial charge in [0, 0.05) is 31.5 Å². The van der Waals surface area contributed by atoms with Crippen molar-refractivity contribution >= 4 is 56.5 Å². The second-order valence-electron chi connectivity index (χ2n) is 9.34. The van der Waals surface area contributed by atoms with Crippen LogP contribution in [0, 0.1) is 0 Å². The van der Waals surface area contributed by atoms with Gasteiger partial charge in [0.05, 0.1) is 18.4 Å². The smallest absolute Gasteiger partial charge is 0.343 e. The molecule has 6 rings (SSSR count). The van der Waals surface area contributed by atoms with Crippen molar-refractivity contribution in [3.63, 3.8) is 0 Å². The van der Waals surface area contributed by atoms with E-state index in [1.54, 1.807) is 42.5 Å². The van der Waals surface area contributed by atoms with Crippen LogP contribution in [0.1, 0.15) is 33.3 Å². The summed E-state index contributed by atoms with van der Waals surface area (Å²) >= 11 is 10.0. The van der Waals surface area contributed by atoms with Crippen molar-refractivity contribution in [2.45, 2.75) is 6.92 Å². The van der Waals surface area contributed by atoms with Gasteiger partial charge in [-0.25, -0.2) is 10.2 Å². The minimum atomic E-state index is -0.576. The summed E-state index contributed by atoms with van der Waals surface area (Å²) in [6.45, 7) is 2.27. The van der Waals surface area contributed by atoms with Gasteiger partial charge in [-0.3, -0.25) is 4.79 Å². The Hall–Kier alpha value is -4.80. The van der Waals surface area contributed by atoms with Gasteiger partial charge in [-0.2, -0.15) is 5.10 Å². The molecular formula is C32H23BrClN3O6. The van der Waals surface area contributed by atoms with E-state index >= 15 is 0 Å². The summed E-state index contributed by atoms with van der Waals surface area (Å²) in [6, 6.07) is 22.8. The van der Waals surface area contributed by atoms with Crippen molar-refractivity contribution in [3.05, 3.63) is 105 Å². The lowest BCUT2D eigenvalue weighted by atomic mass is 10.0. The Morgan fingerprint density at radius 1 is 1.02 bits per heavy atom. The molecule has 1 amide bonds. The molecule has 0 unspecified atom stereocenters. The zero-order chi connectivity index (χ0) is 29.9. The Morgan fingerprint density at radius 3 is 2.70 bits per heavy atom. The summed E-state index contributed by atoms with van der Waals surface area (Å²) < 4.78 is 22.8. The minimum Gasteiger partial charge on any atom is -0.490 e. The van der Waals surface area contributed by atoms with E-state index in [0.29, 0.717) is 51.3 Å². The molecule has 11 heteroatoms. The topological polar surface area (TPSA) is 111 Å². The van der Waals surface area contributed by atoms with E-state index in [2.05, 4.69) is 31.4 Å². The molecule has 0 spiro atoms. The Morgan fingerprint density at radius 2 is 1.86 bits per heavy atom. The number of benzene rings is 4. The van der Waals surface area contributed by atoms with E-state index in [-0.39, 0.29) is 12.5 Å². The van der Waals surface area contributed by atoms with Gasteiger partial charge in [-0.05, 0) is 73.2 Å². The van der Waals surface area contributed by atoms with Crippen molar-refractivity contribution in [1.29, 1.82) is 0 Å². The molecule has 0 bridgehead atoms. The van der Waals surface area contributed by atoms with Crippen molar-refractivity contribution in [1.82, 2.24) is 10.4 Å². The predicted molar refractivity (Wildman–Crippen MR) is 167 cm³/mol. The van der Waals surface area contributed by atoms with E-state index < -0.39 is 11.9 Å². The number of aromatic nitrogens is 1. The zero-order valence-corrected chi connectivity index (χ0v) is 25.0. The van der Waals surface area contributed by atoms with Gasteiger partial charge in [0.1, 0.15) is 5.69 Å². The number of nitrogens with zero attached hydrogens (tertiary/aromatic N) is 1. The average Bonchev–Trinajstić information content (AvgIpc) is 3.63. The molecule has 4 aromatic carbocycles. The van der Waals surface area contributed by atoms with Crippen LogP contribution in [-0.2, 0) is 0 Å². The molecule has 1 aromatic heterocycles. The van der Waals surface area contributed by atoms with E-state index in [1.807, 2.05) is 43.3 Å². The SMILES string of the molecule is CCOc1cc(C=NNC(=O)c2[nH]c3ccc(Br)cc3c2-c2ccccc2Cl)ccc1OC(=O)c1ccc2c(c1)OCO2. The first-order valence-corrected chi connectivity index (χ1v) is 14.4. The summed E-state index contributed by atoms with van der Waals surface area (Å²) in [6.07, 6.45) is 1.47. The van der Waals surface area contributed by atoms with Crippen LogP contribution in [0.4, 0.5) is 0 Å². The Bertz CT molecular complexity index is 1900. The average molecular weight is 661 g/mol. The first-order chi connectivity index (χ1) is 20.9. The van der Waals surface area contributed by atoms with E-state index in [1.165, 1.54) is 6.21 Å². The molecule has 43 heavy (non-hydrogen) atoms. The third-order valence-corrected chi connectivity index (χ3v) is 7.41. The number of aromatic amines is 1. The number of esters is 1. The Labute approximate surface area is 259 Å². The van der Waals surface area contributed by atoms with E-state index in [9.17, 15) is 9.59 Å². The van der Waals surface area contributed by atoms with Crippen molar-refractivity contribution in [2.24, 2.45) is 5.10 Å². The molecule has 9 nitrogen and oxygen atoms in total. The van der Waals surface area contributed by atoms with E-state index in [4.69, 9.17) is 30.5 Å². The Balaban J connectivity index is 1.21. The molecular weight excluding hydrogens is 638 g/mol. The maximum absolute atomic E-state index is 13.3. The van der Waals surface area contributed by atoms with Gasteiger partial charge in [0.2, 0.25) is 6.79 Å². The lowest BCUT2D eigenvalue weighted by Crippen LogP contribution is -2.19. The summed E-state index contributed by atoms with van der Waals surface area (Å²) in [4.78, 5) is 29.3. The number of carbonyl (C=O) groups excluding carboxylic acids is 2. The quantitative estimate of drug-likeness (QED) is 0.0779. The highest BCUT2D eigenvalue weighted by Crippen LogP contribution is 2.38. The summed E-state index contributed by atoms with van der Waals surface area (Å²) in [5.41, 5.74) is 5.99. The van der Waals surface area contributed by atoms with Gasteiger partial charge in [0.25, 0.3) is 5.91 Å². The second kappa shape index (κ2) is 12.2. The lowest BCUT2D eigenvalue weighted by Gasteiger charge is -2.11. The van der Waals surface area contributed by atoms with Gasteiger partial charge in [-0.1, -0.05) is 45.7 Å². The van der Waals surface area contributed by atoms with E-state index in [0.717, 1.165) is 20.9 Å². The molecule has 2 heterocycles. The van der Waals surface area contributed by atoms with Crippen LogP contribution >= 0.6 is 27.5 Å². The number of H-pyrrole nitrogens is 1. The number of hydrazone groups is 1. The number of nitrogens with one attached hydrogen (secondary N) is 2. The van der Waals surface area contributed by atoms with Crippen LogP contribution < -0.4 is 24.4 Å². The maximum Gasteiger partial charge on any atom is 0.343 e.